The first kappa shape index (κ1) is 61.3. The summed E-state index contributed by atoms with van der Waals surface area (Å²) in [5, 5.41) is 32.8. The van der Waals surface area contributed by atoms with Crippen molar-refractivity contribution in [1.29, 1.82) is 5.41 Å². The van der Waals surface area contributed by atoms with Gasteiger partial charge in [0.2, 0.25) is 41.4 Å². The molecule has 14 N–H and O–H groups in total. The van der Waals surface area contributed by atoms with Crippen molar-refractivity contribution < 1.29 is 47.9 Å². The molecule has 0 bridgehead atoms. The molecule has 0 unspecified atom stereocenters. The fraction of sp³-hybridized carbons (Fsp3) is 0.472. The third kappa shape index (κ3) is 17.3. The first-order valence-corrected chi connectivity index (χ1v) is 28.6. The number of Topliss-reactive ketones (excluding diaryl/α,β-unsaturated/α-hetero) is 1. The summed E-state index contributed by atoms with van der Waals surface area (Å²) in [5.74, 6) is -7.37. The van der Waals surface area contributed by atoms with E-state index in [2.05, 4.69) is 62.8 Å². The molecule has 2 aromatic heterocycles. The van der Waals surface area contributed by atoms with Crippen LogP contribution in [0, 0.1) is 5.41 Å². The van der Waals surface area contributed by atoms with Gasteiger partial charge >= 0.3 is 6.03 Å². The number of carbonyl (C=O) groups excluding carboxylic acids is 10. The first-order valence-electron chi connectivity index (χ1n) is 26.3. The number of rotatable bonds is 17. The number of urea groups is 1. The molecule has 27 heteroatoms. The summed E-state index contributed by atoms with van der Waals surface area (Å²) in [4.78, 5) is 152. The molecule has 80 heavy (non-hydrogen) atoms. The number of unbranched alkanes of at least 4 members (excludes halogenated alkanes) is 1. The molecule has 0 aliphatic carbocycles. The number of imidazole rings is 1. The number of benzene rings is 2. The molecular formula is C53H71N15O10S2. The van der Waals surface area contributed by atoms with Crippen LogP contribution in [-0.4, -0.2) is 157 Å². The van der Waals surface area contributed by atoms with Crippen LogP contribution in [0.15, 0.2) is 73.3 Å². The van der Waals surface area contributed by atoms with Gasteiger partial charge < -0.3 is 63.6 Å². The van der Waals surface area contributed by atoms with Gasteiger partial charge in [-0.2, -0.15) is 0 Å². The number of hydrogen-bond donors (Lipinski definition) is 13. The van der Waals surface area contributed by atoms with Crippen molar-refractivity contribution in [2.45, 2.75) is 139 Å². The van der Waals surface area contributed by atoms with Gasteiger partial charge in [0, 0.05) is 65.3 Å². The van der Waals surface area contributed by atoms with E-state index in [9.17, 15) is 47.9 Å². The maximum atomic E-state index is 14.8. The molecule has 2 fully saturated rings. The number of nitrogens with zero attached hydrogens (tertiary/aromatic N) is 2. The predicted octanol–water partition coefficient (Wildman–Crippen LogP) is 0.469. The highest BCUT2D eigenvalue weighted by molar-refractivity contribution is 8.77. The van der Waals surface area contributed by atoms with Crippen LogP contribution in [-0.2, 0) is 62.4 Å². The molecule has 2 saturated heterocycles. The zero-order valence-electron chi connectivity index (χ0n) is 45.2. The molecule has 430 valence electrons. The third-order valence-corrected chi connectivity index (χ3v) is 16.7. The molecule has 6 rings (SSSR count). The number of ketones is 1. The number of fused-ring (bicyclic) bond motifs is 1. The van der Waals surface area contributed by atoms with Gasteiger partial charge in [-0.15, -0.1) is 0 Å². The number of aromatic nitrogens is 3. The van der Waals surface area contributed by atoms with Crippen LogP contribution in [0.2, 0.25) is 0 Å². The number of nitrogens with one attached hydrogen (secondary N) is 12. The van der Waals surface area contributed by atoms with Gasteiger partial charge in [0.15, 0.2) is 11.7 Å². The summed E-state index contributed by atoms with van der Waals surface area (Å²) in [5.41, 5.74) is 7.98. The van der Waals surface area contributed by atoms with E-state index in [4.69, 9.17) is 11.1 Å². The molecule has 2 aliphatic heterocycles. The fourth-order valence-electron chi connectivity index (χ4n) is 9.11. The summed E-state index contributed by atoms with van der Waals surface area (Å²) in [6, 6.07) is 4.92. The Kier molecular flexibility index (Phi) is 22.1. The van der Waals surface area contributed by atoms with Crippen molar-refractivity contribution in [1.82, 2.24) is 67.7 Å². The lowest BCUT2D eigenvalue weighted by Crippen LogP contribution is -2.61. The molecule has 25 nitrogen and oxygen atoms in total. The fourth-order valence-corrected chi connectivity index (χ4v) is 12.0. The highest BCUT2D eigenvalue weighted by Gasteiger charge is 2.41. The van der Waals surface area contributed by atoms with Gasteiger partial charge in [-0.1, -0.05) is 89.9 Å². The Hall–Kier alpha value is -7.94. The Morgan fingerprint density at radius 1 is 0.750 bits per heavy atom. The van der Waals surface area contributed by atoms with E-state index in [1.165, 1.54) is 26.4 Å². The van der Waals surface area contributed by atoms with Gasteiger partial charge in [-0.05, 0) is 64.2 Å². The maximum absolute atomic E-state index is 14.8. The van der Waals surface area contributed by atoms with Crippen LogP contribution < -0.4 is 53.6 Å². The molecule has 0 radical (unpaired) electrons. The summed E-state index contributed by atoms with van der Waals surface area (Å²) in [6.45, 7) is 7.33. The zero-order valence-corrected chi connectivity index (χ0v) is 46.8. The molecule has 4 aromatic rings. The van der Waals surface area contributed by atoms with E-state index in [1.54, 1.807) is 50.4 Å². The van der Waals surface area contributed by atoms with Crippen molar-refractivity contribution in [2.24, 2.45) is 5.73 Å². The minimum Gasteiger partial charge on any atom is -0.370 e. The number of amides is 10. The van der Waals surface area contributed by atoms with E-state index >= 15 is 0 Å². The Bertz CT molecular complexity index is 2890. The van der Waals surface area contributed by atoms with Gasteiger partial charge in [-0.25, -0.2) is 9.78 Å². The molecule has 10 amide bonds. The average molecular weight is 1140 g/mol. The molecular weight excluding hydrogens is 1070 g/mol. The van der Waals surface area contributed by atoms with Crippen molar-refractivity contribution >= 4 is 97.5 Å². The smallest absolute Gasteiger partial charge is 0.325 e. The Balaban J connectivity index is 1.38. The molecule has 2 aliphatic rings. The third-order valence-electron chi connectivity index (χ3n) is 13.4. The maximum Gasteiger partial charge on any atom is 0.325 e. The largest absolute Gasteiger partial charge is 0.370 e. The first-order chi connectivity index (χ1) is 38.1. The van der Waals surface area contributed by atoms with Gasteiger partial charge in [0.25, 0.3) is 5.91 Å². The van der Waals surface area contributed by atoms with Crippen molar-refractivity contribution in [2.75, 3.05) is 18.8 Å². The van der Waals surface area contributed by atoms with Gasteiger partial charge in [0.1, 0.15) is 54.9 Å². The van der Waals surface area contributed by atoms with E-state index in [1.807, 2.05) is 31.2 Å². The minimum absolute atomic E-state index is 0.0446. The normalized spacial score (nSPS) is 23.8. The second kappa shape index (κ2) is 28.8. The monoisotopic (exact) mass is 1140 g/mol. The number of H-pyrrole nitrogens is 2. The quantitative estimate of drug-likeness (QED) is 0.0225. The molecule has 8 atom stereocenters. The van der Waals surface area contributed by atoms with Crippen LogP contribution >= 0.6 is 21.6 Å². The molecule has 4 heterocycles. The van der Waals surface area contributed by atoms with Crippen molar-refractivity contribution in [3.63, 3.8) is 0 Å². The number of carbonyl (C=O) groups is 10. The van der Waals surface area contributed by atoms with E-state index in [0.717, 1.165) is 43.8 Å². The Morgan fingerprint density at radius 3 is 2.05 bits per heavy atom. The zero-order chi connectivity index (χ0) is 58.1. The second-order valence-electron chi connectivity index (χ2n) is 20.2. The number of guanidine groups is 1. The van der Waals surface area contributed by atoms with Gasteiger partial charge in [-0.3, -0.25) is 53.5 Å². The Morgan fingerprint density at radius 2 is 1.38 bits per heavy atom. The number of hydrogen-bond acceptors (Lipinski definition) is 14. The summed E-state index contributed by atoms with van der Waals surface area (Å²) in [6.07, 6.45) is 6.08. The number of imide groups is 1. The number of nitrogens with two attached hydrogens (primary N) is 1. The predicted molar refractivity (Wildman–Crippen MR) is 301 cm³/mol. The van der Waals surface area contributed by atoms with Crippen molar-refractivity contribution in [3.8, 4) is 0 Å². The highest BCUT2D eigenvalue weighted by atomic mass is 33.1. The molecule has 0 saturated carbocycles. The van der Waals surface area contributed by atoms with Crippen LogP contribution in [0.3, 0.4) is 0 Å². The molecule has 0 spiro atoms. The van der Waals surface area contributed by atoms with E-state index in [0.29, 0.717) is 29.7 Å². The van der Waals surface area contributed by atoms with E-state index < -0.39 is 119 Å². The van der Waals surface area contributed by atoms with Crippen LogP contribution in [0.5, 0.6) is 0 Å². The van der Waals surface area contributed by atoms with E-state index in [-0.39, 0.29) is 50.4 Å². The van der Waals surface area contributed by atoms with Crippen LogP contribution in [0.25, 0.3) is 10.9 Å². The lowest BCUT2D eigenvalue weighted by molar-refractivity contribution is -0.135. The second-order valence-corrected chi connectivity index (χ2v) is 23.2. The van der Waals surface area contributed by atoms with Gasteiger partial charge in [0.05, 0.1) is 6.33 Å². The SMILES string of the molecule is CCCC[C@@H]1NC(=O)N(CC(=O)N[C@H]2CSSC(C)(C)[C@@H](C(C)=O)NC(=O)[C@H](Cc3c[nH]c4ccccc34)NC(=O)[C@H](CCCNC(=N)N)NC(=O)[C@@H](Cc3ccccc3)NC(=O)[C@H](Cc3cnc[nH]3)NC(=O)[C@@H](C)NC2=O)C1=O. The Labute approximate surface area is 470 Å². The summed E-state index contributed by atoms with van der Waals surface area (Å²) >= 11 is 0. The van der Waals surface area contributed by atoms with Crippen LogP contribution in [0.4, 0.5) is 4.79 Å². The minimum atomic E-state index is -1.43. The lowest BCUT2D eigenvalue weighted by Gasteiger charge is -2.34. The lowest BCUT2D eigenvalue weighted by atomic mass is 9.97. The molecule has 2 aromatic carbocycles. The number of para-hydroxylation sites is 1. The topological polar surface area (TPSA) is 377 Å². The average Bonchev–Trinajstić information content (AvgIpc) is 4.19. The van der Waals surface area contributed by atoms with Crippen LogP contribution in [0.1, 0.15) is 83.5 Å². The highest BCUT2D eigenvalue weighted by Crippen LogP contribution is 2.39. The summed E-state index contributed by atoms with van der Waals surface area (Å²) < 4.78 is -1.17. The standard InChI is InChI=1S/C53H71N15O10S2/c1-6-7-17-37-50(77)68(52(78)66-37)26-42(70)61-41-27-79-80-53(4,5)43(30(3)69)67-48(75)39(22-32-24-58-35-18-12-11-16-34(32)35)65-45(72)36(19-13-20-57-51(54)55)62-46(73)38(21-31-14-9-8-10-15-31)64-47(74)40(23-33-25-56-28-59-33)63-44(71)29(2)60-49(41)76/h8-12,14-16,18,24-25,28-29,36-41,43,58H,6-7,13,17,19-23,26-27H2,1-5H3,(H,56,59)(H,60,76)(H,61,70)(H,62,73)(H,63,71)(H,64,74)(H,65,72)(H,66,78)(H,67,75)(H4,54,55,57)/t29-,36+,37+,38-,39+,40+,41+,43-/m1/s1. The summed E-state index contributed by atoms with van der Waals surface area (Å²) in [7, 11) is 2.14. The number of aromatic amines is 2. The van der Waals surface area contributed by atoms with Crippen molar-refractivity contribution in [3.05, 3.63) is 90.1 Å².